The molecule has 0 aliphatic carbocycles. The molecule has 0 bridgehead atoms. The van der Waals surface area contributed by atoms with Crippen LogP contribution in [-0.4, -0.2) is 26.0 Å². The van der Waals surface area contributed by atoms with E-state index in [1.165, 1.54) is 7.11 Å². The molecule has 0 unspecified atom stereocenters. The predicted octanol–water partition coefficient (Wildman–Crippen LogP) is 3.22. The molecule has 0 fully saturated rings. The highest BCUT2D eigenvalue weighted by atomic mass is 16.5. The number of hydrogen-bond acceptors (Lipinski definition) is 4. The van der Waals surface area contributed by atoms with Crippen molar-refractivity contribution in [2.75, 3.05) is 14.2 Å². The molecule has 0 aliphatic heterocycles. The molecule has 0 saturated heterocycles. The van der Waals surface area contributed by atoms with Crippen molar-refractivity contribution in [1.82, 2.24) is 0 Å². The molecule has 2 aromatic rings. The maximum atomic E-state index is 12.3. The van der Waals surface area contributed by atoms with E-state index in [-0.39, 0.29) is 12.2 Å². The van der Waals surface area contributed by atoms with Crippen molar-refractivity contribution in [2.24, 2.45) is 0 Å². The smallest absolute Gasteiger partial charge is 0.313 e. The number of benzene rings is 2. The van der Waals surface area contributed by atoms with Crippen LogP contribution in [0.25, 0.3) is 0 Å². The summed E-state index contributed by atoms with van der Waals surface area (Å²) in [6.07, 6.45) is 0.0724. The fourth-order valence-corrected chi connectivity index (χ4v) is 2.24. The molecule has 0 spiro atoms. The molecule has 4 nitrogen and oxygen atoms in total. The number of esters is 1. The van der Waals surface area contributed by atoms with E-state index in [2.05, 4.69) is 0 Å². The van der Waals surface area contributed by atoms with Crippen LogP contribution in [0.1, 0.15) is 28.3 Å². The zero-order valence-corrected chi connectivity index (χ0v) is 12.6. The first kappa shape index (κ1) is 15.8. The van der Waals surface area contributed by atoms with E-state index in [0.29, 0.717) is 11.3 Å². The van der Waals surface area contributed by atoms with Gasteiger partial charge in [-0.25, -0.2) is 0 Å². The molecule has 22 heavy (non-hydrogen) atoms. The van der Waals surface area contributed by atoms with Gasteiger partial charge in [0.25, 0.3) is 0 Å². The molecule has 0 amide bonds. The van der Waals surface area contributed by atoms with Gasteiger partial charge < -0.3 is 9.47 Å². The number of methoxy groups -OCH3 is 2. The van der Waals surface area contributed by atoms with E-state index in [9.17, 15) is 9.59 Å². The van der Waals surface area contributed by atoms with Crippen LogP contribution in [0.3, 0.4) is 0 Å². The van der Waals surface area contributed by atoms with Gasteiger partial charge in [0.15, 0.2) is 5.78 Å². The normalized spacial score (nSPS) is 11.5. The highest BCUT2D eigenvalue weighted by Gasteiger charge is 2.25. The molecule has 0 N–H and O–H groups in total. The van der Waals surface area contributed by atoms with Crippen molar-refractivity contribution in [1.29, 1.82) is 0 Å². The highest BCUT2D eigenvalue weighted by molar-refractivity contribution is 5.99. The quantitative estimate of drug-likeness (QED) is 0.607. The number of carbonyl (C=O) groups is 2. The molecule has 0 aromatic heterocycles. The SMILES string of the molecule is COC(=O)[C@H](CC(=O)c1ccccc1)c1ccc(OC)cc1. The molecule has 2 aromatic carbocycles. The van der Waals surface area contributed by atoms with Crippen LogP contribution in [0.5, 0.6) is 5.75 Å². The monoisotopic (exact) mass is 298 g/mol. The molecule has 1 atom stereocenters. The number of Topliss-reactive ketones (excluding diaryl/α,β-unsaturated/α-hetero) is 1. The molecule has 2 rings (SSSR count). The number of carbonyl (C=O) groups excluding carboxylic acids is 2. The fraction of sp³-hybridized carbons (Fsp3) is 0.222. The molecule has 114 valence electrons. The maximum absolute atomic E-state index is 12.3. The van der Waals surface area contributed by atoms with Crippen molar-refractivity contribution in [2.45, 2.75) is 12.3 Å². The lowest BCUT2D eigenvalue weighted by atomic mass is 9.91. The number of ketones is 1. The summed E-state index contributed by atoms with van der Waals surface area (Å²) in [5, 5.41) is 0. The Bertz CT molecular complexity index is 632. The van der Waals surface area contributed by atoms with Gasteiger partial charge in [0, 0.05) is 12.0 Å². The Hall–Kier alpha value is -2.62. The Kier molecular flexibility index (Phi) is 5.31. The molecule has 0 saturated carbocycles. The molecule has 0 heterocycles. The topological polar surface area (TPSA) is 52.6 Å². The van der Waals surface area contributed by atoms with Crippen LogP contribution in [0.4, 0.5) is 0 Å². The lowest BCUT2D eigenvalue weighted by molar-refractivity contribution is -0.142. The van der Waals surface area contributed by atoms with Crippen LogP contribution in [0, 0.1) is 0 Å². The summed E-state index contributed by atoms with van der Waals surface area (Å²) in [5.74, 6) is -0.438. The van der Waals surface area contributed by atoms with Crippen molar-refractivity contribution in [3.05, 3.63) is 65.7 Å². The summed E-state index contributed by atoms with van der Waals surface area (Å²) in [6, 6.07) is 16.0. The number of rotatable bonds is 6. The molecule has 0 radical (unpaired) electrons. The summed E-state index contributed by atoms with van der Waals surface area (Å²) >= 11 is 0. The Morgan fingerprint density at radius 1 is 0.955 bits per heavy atom. The van der Waals surface area contributed by atoms with Crippen molar-refractivity contribution < 1.29 is 19.1 Å². The van der Waals surface area contributed by atoms with Crippen LogP contribution >= 0.6 is 0 Å². The van der Waals surface area contributed by atoms with Gasteiger partial charge in [0.1, 0.15) is 5.75 Å². The maximum Gasteiger partial charge on any atom is 0.313 e. The first-order chi connectivity index (χ1) is 10.7. The van der Waals surface area contributed by atoms with E-state index in [1.807, 2.05) is 6.07 Å². The minimum atomic E-state index is -0.622. The number of ether oxygens (including phenoxy) is 2. The number of hydrogen-bond donors (Lipinski definition) is 0. The van der Waals surface area contributed by atoms with Gasteiger partial charge in [-0.3, -0.25) is 9.59 Å². The summed E-state index contributed by atoms with van der Waals surface area (Å²) in [5.41, 5.74) is 1.32. The second-order valence-corrected chi connectivity index (χ2v) is 4.84. The average Bonchev–Trinajstić information content (AvgIpc) is 2.59. The Morgan fingerprint density at radius 3 is 2.14 bits per heavy atom. The van der Waals surface area contributed by atoms with Crippen LogP contribution in [0.15, 0.2) is 54.6 Å². The zero-order valence-electron chi connectivity index (χ0n) is 12.6. The summed E-state index contributed by atoms with van der Waals surface area (Å²) in [4.78, 5) is 24.4. The van der Waals surface area contributed by atoms with Gasteiger partial charge in [-0.1, -0.05) is 42.5 Å². The lowest BCUT2D eigenvalue weighted by Gasteiger charge is -2.15. The summed E-state index contributed by atoms with van der Waals surface area (Å²) in [7, 11) is 2.90. The lowest BCUT2D eigenvalue weighted by Crippen LogP contribution is -2.18. The molecular formula is C18H18O4. The first-order valence-electron chi connectivity index (χ1n) is 6.95. The summed E-state index contributed by atoms with van der Waals surface area (Å²) in [6.45, 7) is 0. The molecular weight excluding hydrogens is 280 g/mol. The second-order valence-electron chi connectivity index (χ2n) is 4.84. The highest BCUT2D eigenvalue weighted by Crippen LogP contribution is 2.25. The largest absolute Gasteiger partial charge is 0.497 e. The molecule has 0 aliphatic rings. The van der Waals surface area contributed by atoms with E-state index < -0.39 is 11.9 Å². The average molecular weight is 298 g/mol. The van der Waals surface area contributed by atoms with E-state index in [4.69, 9.17) is 9.47 Å². The summed E-state index contributed by atoms with van der Waals surface area (Å²) < 4.78 is 9.94. The zero-order chi connectivity index (χ0) is 15.9. The first-order valence-corrected chi connectivity index (χ1v) is 6.95. The van der Waals surface area contributed by atoms with Crippen molar-refractivity contribution >= 4 is 11.8 Å². The van der Waals surface area contributed by atoms with Gasteiger partial charge in [-0.15, -0.1) is 0 Å². The minimum absolute atomic E-state index is 0.0724. The van der Waals surface area contributed by atoms with Crippen molar-refractivity contribution in [3.63, 3.8) is 0 Å². The van der Waals surface area contributed by atoms with Gasteiger partial charge in [0.05, 0.1) is 20.1 Å². The predicted molar refractivity (Wildman–Crippen MR) is 83.1 cm³/mol. The van der Waals surface area contributed by atoms with Gasteiger partial charge in [-0.2, -0.15) is 0 Å². The Morgan fingerprint density at radius 2 is 1.59 bits per heavy atom. The van der Waals surface area contributed by atoms with E-state index >= 15 is 0 Å². The van der Waals surface area contributed by atoms with E-state index in [1.54, 1.807) is 55.6 Å². The van der Waals surface area contributed by atoms with Crippen molar-refractivity contribution in [3.8, 4) is 5.75 Å². The van der Waals surface area contributed by atoms with Gasteiger partial charge in [-0.05, 0) is 17.7 Å². The van der Waals surface area contributed by atoms with Crippen LogP contribution in [0.2, 0.25) is 0 Å². The minimum Gasteiger partial charge on any atom is -0.497 e. The third-order valence-electron chi connectivity index (χ3n) is 3.49. The Labute approximate surface area is 129 Å². The Balaban J connectivity index is 2.22. The van der Waals surface area contributed by atoms with Crippen LogP contribution in [-0.2, 0) is 9.53 Å². The van der Waals surface area contributed by atoms with Gasteiger partial charge >= 0.3 is 5.97 Å². The fourth-order valence-electron chi connectivity index (χ4n) is 2.24. The second kappa shape index (κ2) is 7.41. The van der Waals surface area contributed by atoms with E-state index in [0.717, 1.165) is 5.56 Å². The van der Waals surface area contributed by atoms with Gasteiger partial charge in [0.2, 0.25) is 0 Å². The standard InChI is InChI=1S/C18H18O4/c1-21-15-10-8-13(9-11-15)16(18(20)22-2)12-17(19)14-6-4-3-5-7-14/h3-11,16H,12H2,1-2H3/t16-/m1/s1. The third kappa shape index (κ3) is 3.73. The third-order valence-corrected chi connectivity index (χ3v) is 3.49. The van der Waals surface area contributed by atoms with Crippen LogP contribution < -0.4 is 4.74 Å². The molecule has 4 heteroatoms.